The second-order valence-electron chi connectivity index (χ2n) is 18.2. The van der Waals surface area contributed by atoms with Crippen LogP contribution in [0.3, 0.4) is 0 Å². The van der Waals surface area contributed by atoms with E-state index in [9.17, 15) is 95.8 Å². The number of nitrogens with zero attached hydrogens (tertiary/aromatic N) is 8. The molecule has 0 atom stereocenters. The van der Waals surface area contributed by atoms with Gasteiger partial charge in [-0.25, -0.2) is 25.2 Å². The van der Waals surface area contributed by atoms with Crippen molar-refractivity contribution in [2.75, 3.05) is 30.0 Å². The van der Waals surface area contributed by atoms with Crippen molar-refractivity contribution in [2.45, 2.75) is 29.4 Å². The summed E-state index contributed by atoms with van der Waals surface area (Å²) in [7, 11) is -39.5. The van der Waals surface area contributed by atoms with Gasteiger partial charge in [-0.2, -0.15) is 50.5 Å². The fourth-order valence-electron chi connectivity index (χ4n) is 8.01. The fraction of sp³-hybridized carbons (Fsp3) is 0.0833. The standard InChI is InChI=1S/C48H39N9O26S8/c58-43-22-27(4-10-38(43)53-51-36-16-17-42(48-33(36)2-1-3-45(48)87(67,68)69)57-56-41-13-8-30(26-47(41)89(73,74)75)85(62,63)21-19-83-91(79,80)81)49-28-5-11-39(44(59)23-28)54-52-37-15-14-35(32-9-6-31(24-34(32)37)86(64,65)66)50-55-40-12-7-29(25-46(40)88(70,71)72)84(60,61)20-18-82-90(76,77)78/h1-17,22-26,49,58-59H,18-21H2,(H,64,65,66)(H,67,68,69)(H,70,71,72)(H,73,74,75)(H,76,77,78)(H,79,80,81). The summed E-state index contributed by atoms with van der Waals surface area (Å²) in [5, 5.41) is 56.4. The van der Waals surface area contributed by atoms with E-state index in [-0.39, 0.29) is 67.0 Å². The molecular weight excluding hydrogens is 1380 g/mol. The average molecular weight is 1410 g/mol. The van der Waals surface area contributed by atoms with Crippen molar-refractivity contribution in [2.24, 2.45) is 40.9 Å². The second-order valence-corrected chi connectivity index (χ2v) is 30.2. The highest BCUT2D eigenvalue weighted by atomic mass is 32.3. The van der Waals surface area contributed by atoms with Crippen LogP contribution in [0, 0.1) is 0 Å². The molecule has 0 aliphatic carbocycles. The van der Waals surface area contributed by atoms with Gasteiger partial charge in [0.25, 0.3) is 40.5 Å². The van der Waals surface area contributed by atoms with Gasteiger partial charge in [0, 0.05) is 45.1 Å². The summed E-state index contributed by atoms with van der Waals surface area (Å²) >= 11 is 0. The van der Waals surface area contributed by atoms with Crippen molar-refractivity contribution >= 4 is 159 Å². The van der Waals surface area contributed by atoms with E-state index in [1.165, 1.54) is 72.8 Å². The van der Waals surface area contributed by atoms with Gasteiger partial charge in [0.1, 0.15) is 48.9 Å². The van der Waals surface area contributed by atoms with Gasteiger partial charge in [0.2, 0.25) is 0 Å². The Balaban J connectivity index is 1.02. The molecule has 0 amide bonds. The van der Waals surface area contributed by atoms with E-state index >= 15 is 0 Å². The SMILES string of the molecule is O=S(=O)(O)OCCS(=O)(=O)c1ccc(N=Nc2ccc(N=Nc3ccc(Nc4ccc(N=Nc5ccc(N=Nc6ccc(S(=O)(=O)CCOS(=O)(=O)O)cc6S(=O)(=O)O)c6c(S(=O)(=O)O)cccc56)c(O)c4)cc3O)c3cc(S(=O)(=O)O)ccc23)c(S(=O)(=O)O)c1. The molecule has 9 N–H and O–H groups in total. The fourth-order valence-corrected chi connectivity index (χ4v) is 13.7. The van der Waals surface area contributed by atoms with Gasteiger partial charge < -0.3 is 15.5 Å². The van der Waals surface area contributed by atoms with Crippen molar-refractivity contribution in [1.29, 1.82) is 0 Å². The molecule has 8 aromatic carbocycles. The molecule has 0 heterocycles. The minimum absolute atomic E-state index is 0.0521. The number of hydrogen-bond acceptors (Lipinski definition) is 29. The van der Waals surface area contributed by atoms with Crippen LogP contribution >= 0.6 is 0 Å². The quantitative estimate of drug-likeness (QED) is 0.0201. The first-order valence-electron chi connectivity index (χ1n) is 24.3. The number of azo groups is 4. The number of anilines is 2. The Morgan fingerprint density at radius 1 is 0.330 bits per heavy atom. The maximum absolute atomic E-state index is 12.8. The normalized spacial score (nSPS) is 13.4. The average Bonchev–Trinajstić information content (AvgIpc) is 0.800. The zero-order valence-corrected chi connectivity index (χ0v) is 51.3. The Morgan fingerprint density at radius 2 is 0.692 bits per heavy atom. The molecule has 0 radical (unpaired) electrons. The van der Waals surface area contributed by atoms with E-state index in [0.717, 1.165) is 48.5 Å². The van der Waals surface area contributed by atoms with E-state index in [2.05, 4.69) is 54.6 Å². The van der Waals surface area contributed by atoms with E-state index in [1.807, 2.05) is 0 Å². The van der Waals surface area contributed by atoms with Gasteiger partial charge in [0.05, 0.1) is 62.2 Å². The molecule has 43 heteroatoms. The van der Waals surface area contributed by atoms with Crippen LogP contribution in [-0.4, -0.2) is 130 Å². The smallest absolute Gasteiger partial charge is 0.397 e. The Hall–Kier alpha value is -8.64. The highest BCUT2D eigenvalue weighted by molar-refractivity contribution is 7.92. The van der Waals surface area contributed by atoms with Crippen LogP contribution in [0.5, 0.6) is 11.5 Å². The summed E-state index contributed by atoms with van der Waals surface area (Å²) in [5.41, 5.74) is -1.85. The second kappa shape index (κ2) is 25.9. The summed E-state index contributed by atoms with van der Waals surface area (Å²) < 4.78 is 259. The lowest BCUT2D eigenvalue weighted by Gasteiger charge is -2.10. The van der Waals surface area contributed by atoms with Crippen molar-refractivity contribution in [3.63, 3.8) is 0 Å². The zero-order valence-electron chi connectivity index (χ0n) is 44.8. The first-order valence-corrected chi connectivity index (χ1v) is 36.1. The molecule has 8 rings (SSSR count). The summed E-state index contributed by atoms with van der Waals surface area (Å²) in [6.45, 7) is -2.13. The van der Waals surface area contributed by atoms with Gasteiger partial charge in [-0.15, -0.1) is 40.9 Å². The zero-order chi connectivity index (χ0) is 66.9. The molecule has 0 saturated heterocycles. The van der Waals surface area contributed by atoms with Crippen LogP contribution < -0.4 is 5.32 Å². The number of hydrogen-bond donors (Lipinski definition) is 9. The monoisotopic (exact) mass is 1410 g/mol. The van der Waals surface area contributed by atoms with Gasteiger partial charge in [-0.1, -0.05) is 18.2 Å². The molecule has 0 aliphatic rings. The van der Waals surface area contributed by atoms with Crippen molar-refractivity contribution in [3.8, 4) is 11.5 Å². The molecule has 0 aliphatic heterocycles. The van der Waals surface area contributed by atoms with Crippen LogP contribution in [0.15, 0.2) is 204 Å². The molecule has 0 saturated carbocycles. The van der Waals surface area contributed by atoms with Crippen molar-refractivity contribution in [1.82, 2.24) is 0 Å². The van der Waals surface area contributed by atoms with Crippen LogP contribution in [0.1, 0.15) is 0 Å². The van der Waals surface area contributed by atoms with E-state index < -0.39 is 158 Å². The number of phenols is 2. The molecular formula is C48H39N9O26S8. The molecule has 91 heavy (non-hydrogen) atoms. The Kier molecular flexibility index (Phi) is 19.5. The molecule has 35 nitrogen and oxygen atoms in total. The summed E-state index contributed by atoms with van der Waals surface area (Å²) in [6.07, 6.45) is 0. The number of phenolic OH excluding ortho intramolecular Hbond substituents is 2. The molecule has 0 spiro atoms. The summed E-state index contributed by atoms with van der Waals surface area (Å²) in [6, 6.07) is 23.6. The van der Waals surface area contributed by atoms with E-state index in [0.29, 0.717) is 12.1 Å². The van der Waals surface area contributed by atoms with Crippen molar-refractivity contribution in [3.05, 3.63) is 133 Å². The molecule has 0 unspecified atom stereocenters. The lowest BCUT2D eigenvalue weighted by atomic mass is 10.1. The van der Waals surface area contributed by atoms with Crippen molar-refractivity contribution < 1.29 is 113 Å². The van der Waals surface area contributed by atoms with Gasteiger partial charge in [-0.05, 0) is 103 Å². The van der Waals surface area contributed by atoms with Gasteiger partial charge >= 0.3 is 20.8 Å². The molecule has 0 aromatic heterocycles. The maximum atomic E-state index is 12.8. The summed E-state index contributed by atoms with van der Waals surface area (Å²) in [4.78, 5) is -5.05. The van der Waals surface area contributed by atoms with Crippen LogP contribution in [0.4, 0.5) is 56.9 Å². The van der Waals surface area contributed by atoms with Gasteiger partial charge in [-0.3, -0.25) is 27.3 Å². The van der Waals surface area contributed by atoms with E-state index in [4.69, 9.17) is 9.11 Å². The number of rotatable bonds is 24. The predicted molar refractivity (Wildman–Crippen MR) is 315 cm³/mol. The Morgan fingerprint density at radius 3 is 1.11 bits per heavy atom. The molecule has 8 aromatic rings. The minimum Gasteiger partial charge on any atom is -0.506 e. The Bertz CT molecular complexity index is 5330. The maximum Gasteiger partial charge on any atom is 0.397 e. The third-order valence-corrected chi connectivity index (χ3v) is 19.9. The van der Waals surface area contributed by atoms with Gasteiger partial charge in [0.15, 0.2) is 19.7 Å². The van der Waals surface area contributed by atoms with Crippen LogP contribution in [-0.2, 0) is 89.3 Å². The first kappa shape index (κ1) is 68.3. The lowest BCUT2D eigenvalue weighted by molar-refractivity contribution is 0.282. The van der Waals surface area contributed by atoms with Crippen LogP contribution in [0.25, 0.3) is 21.5 Å². The number of benzene rings is 8. The molecule has 0 bridgehead atoms. The number of fused-ring (bicyclic) bond motifs is 2. The molecule has 0 fully saturated rings. The number of sulfone groups is 2. The minimum atomic E-state index is -5.28. The highest BCUT2D eigenvalue weighted by Crippen LogP contribution is 2.43. The highest BCUT2D eigenvalue weighted by Gasteiger charge is 2.26. The van der Waals surface area contributed by atoms with Crippen LogP contribution in [0.2, 0.25) is 0 Å². The number of aromatic hydroxyl groups is 2. The first-order chi connectivity index (χ1) is 42.2. The molecule has 480 valence electrons. The Labute approximate surface area is 514 Å². The third kappa shape index (κ3) is 17.2. The number of nitrogens with one attached hydrogen (secondary N) is 1. The largest absolute Gasteiger partial charge is 0.506 e. The van der Waals surface area contributed by atoms with E-state index in [1.54, 1.807) is 0 Å². The summed E-state index contributed by atoms with van der Waals surface area (Å²) in [5.74, 6) is -3.10. The third-order valence-electron chi connectivity index (χ3n) is 12.1. The lowest BCUT2D eigenvalue weighted by Crippen LogP contribution is -2.16. The predicted octanol–water partition coefficient (Wildman–Crippen LogP) is 8.98. The topological polar surface area (TPSA) is 564 Å².